The van der Waals surface area contributed by atoms with Crippen LogP contribution in [0.1, 0.15) is 17.2 Å². The lowest BCUT2D eigenvalue weighted by atomic mass is 9.97. The van der Waals surface area contributed by atoms with E-state index in [1.807, 2.05) is 5.32 Å². The fraction of sp³-hybridized carbons (Fsp3) is 0.417. The standard InChI is InChI=1S/C12H10F5NO3.ClH/c1-20-8-3-6(2-7(4-8)12(15,16)17)9-11(13,14)5-21-10(19)18-9;/h2-4,9H,5H2,1H3,(H,18,19);1H/t9-;/m0./s1. The summed E-state index contributed by atoms with van der Waals surface area (Å²) < 4.78 is 74.6. The molecule has 0 aliphatic carbocycles. The van der Waals surface area contributed by atoms with Crippen LogP contribution in [-0.4, -0.2) is 25.7 Å². The Morgan fingerprint density at radius 2 is 1.95 bits per heavy atom. The van der Waals surface area contributed by atoms with Gasteiger partial charge in [0.1, 0.15) is 11.8 Å². The molecule has 4 nitrogen and oxygen atoms in total. The maximum Gasteiger partial charge on any atom is 0.416 e. The minimum absolute atomic E-state index is 0. The second kappa shape index (κ2) is 6.15. The molecular formula is C12H11ClF5NO3. The first-order valence-corrected chi connectivity index (χ1v) is 5.71. The van der Waals surface area contributed by atoms with Crippen LogP contribution < -0.4 is 10.1 Å². The van der Waals surface area contributed by atoms with E-state index in [9.17, 15) is 26.7 Å². The van der Waals surface area contributed by atoms with E-state index in [4.69, 9.17) is 0 Å². The van der Waals surface area contributed by atoms with Crippen molar-refractivity contribution in [2.45, 2.75) is 18.1 Å². The molecule has 0 bridgehead atoms. The molecule has 1 aliphatic rings. The first kappa shape index (κ1) is 18.3. The van der Waals surface area contributed by atoms with Crippen molar-refractivity contribution in [3.05, 3.63) is 29.3 Å². The third-order valence-corrected chi connectivity index (χ3v) is 2.91. The number of alkyl carbamates (subject to hydrolysis) is 1. The van der Waals surface area contributed by atoms with Gasteiger partial charge in [-0.2, -0.15) is 13.2 Å². The van der Waals surface area contributed by atoms with Gasteiger partial charge in [0.2, 0.25) is 0 Å². The van der Waals surface area contributed by atoms with Crippen molar-refractivity contribution in [2.75, 3.05) is 13.7 Å². The van der Waals surface area contributed by atoms with E-state index in [2.05, 4.69) is 9.47 Å². The van der Waals surface area contributed by atoms with Gasteiger partial charge in [0.15, 0.2) is 6.61 Å². The number of cyclic esters (lactones) is 1. The lowest BCUT2D eigenvalue weighted by molar-refractivity contribution is -0.138. The molecule has 0 saturated carbocycles. The number of hydrogen-bond acceptors (Lipinski definition) is 3. The van der Waals surface area contributed by atoms with Gasteiger partial charge in [-0.05, 0) is 23.8 Å². The van der Waals surface area contributed by atoms with Crippen LogP contribution >= 0.6 is 12.4 Å². The number of amides is 1. The van der Waals surface area contributed by atoms with E-state index < -0.39 is 42.0 Å². The number of alkyl halides is 5. The molecule has 0 aromatic heterocycles. The number of carbonyl (C=O) groups excluding carboxylic acids is 1. The molecule has 2 rings (SSSR count). The SMILES string of the molecule is COc1cc([C@@H]2NC(=O)OCC2(F)F)cc(C(F)(F)F)c1.Cl. The zero-order valence-corrected chi connectivity index (χ0v) is 11.9. The Hall–Kier alpha value is -1.77. The molecular weight excluding hydrogens is 337 g/mol. The molecule has 1 heterocycles. The summed E-state index contributed by atoms with van der Waals surface area (Å²) in [6, 6.07) is 0.324. The normalized spacial score (nSPS) is 20.5. The Balaban J connectivity index is 0.00000242. The van der Waals surface area contributed by atoms with Gasteiger partial charge in [-0.25, -0.2) is 13.6 Å². The van der Waals surface area contributed by atoms with Crippen LogP contribution in [0.25, 0.3) is 0 Å². The number of carbonyl (C=O) groups is 1. The van der Waals surface area contributed by atoms with Gasteiger partial charge in [-0.1, -0.05) is 0 Å². The van der Waals surface area contributed by atoms with E-state index in [1.54, 1.807) is 0 Å². The van der Waals surface area contributed by atoms with Gasteiger partial charge in [0.05, 0.1) is 12.7 Å². The zero-order chi connectivity index (χ0) is 15.8. The molecule has 0 radical (unpaired) electrons. The molecule has 1 atom stereocenters. The molecule has 22 heavy (non-hydrogen) atoms. The second-order valence-electron chi connectivity index (χ2n) is 4.41. The van der Waals surface area contributed by atoms with Crippen molar-refractivity contribution in [3.63, 3.8) is 0 Å². The number of halogens is 6. The maximum atomic E-state index is 13.7. The summed E-state index contributed by atoms with van der Waals surface area (Å²) >= 11 is 0. The molecule has 1 aromatic rings. The summed E-state index contributed by atoms with van der Waals surface area (Å²) in [6.45, 7) is -1.21. The molecule has 1 aromatic carbocycles. The average molecular weight is 348 g/mol. The quantitative estimate of drug-likeness (QED) is 0.832. The van der Waals surface area contributed by atoms with Crippen LogP contribution in [0.5, 0.6) is 5.75 Å². The summed E-state index contributed by atoms with van der Waals surface area (Å²) in [6.07, 6.45) is -5.85. The van der Waals surface area contributed by atoms with Gasteiger partial charge in [0.25, 0.3) is 0 Å². The third-order valence-electron chi connectivity index (χ3n) is 2.91. The van der Waals surface area contributed by atoms with Crippen molar-refractivity contribution in [1.29, 1.82) is 0 Å². The van der Waals surface area contributed by atoms with Crippen molar-refractivity contribution >= 4 is 18.5 Å². The highest BCUT2D eigenvalue weighted by atomic mass is 35.5. The Bertz CT molecular complexity index is 564. The smallest absolute Gasteiger partial charge is 0.416 e. The van der Waals surface area contributed by atoms with Gasteiger partial charge < -0.3 is 14.8 Å². The molecule has 1 N–H and O–H groups in total. The van der Waals surface area contributed by atoms with Crippen LogP contribution in [0.4, 0.5) is 26.7 Å². The van der Waals surface area contributed by atoms with Crippen LogP contribution in [-0.2, 0) is 10.9 Å². The van der Waals surface area contributed by atoms with Crippen molar-refractivity contribution in [2.24, 2.45) is 0 Å². The highest BCUT2D eigenvalue weighted by molar-refractivity contribution is 5.85. The summed E-state index contributed by atoms with van der Waals surface area (Å²) in [7, 11) is 1.11. The van der Waals surface area contributed by atoms with Gasteiger partial charge >= 0.3 is 18.2 Å². The first-order valence-electron chi connectivity index (χ1n) is 5.71. The van der Waals surface area contributed by atoms with E-state index in [0.717, 1.165) is 13.2 Å². The minimum Gasteiger partial charge on any atom is -0.497 e. The molecule has 1 amide bonds. The van der Waals surface area contributed by atoms with Crippen molar-refractivity contribution < 1.29 is 36.2 Å². The zero-order valence-electron chi connectivity index (χ0n) is 11.0. The van der Waals surface area contributed by atoms with Crippen LogP contribution in [0.3, 0.4) is 0 Å². The van der Waals surface area contributed by atoms with Crippen LogP contribution in [0.15, 0.2) is 18.2 Å². The maximum absolute atomic E-state index is 13.7. The molecule has 0 spiro atoms. The van der Waals surface area contributed by atoms with E-state index in [1.165, 1.54) is 0 Å². The topological polar surface area (TPSA) is 47.6 Å². The lowest BCUT2D eigenvalue weighted by Gasteiger charge is -2.32. The van der Waals surface area contributed by atoms with Crippen LogP contribution in [0, 0.1) is 0 Å². The first-order chi connectivity index (χ1) is 9.63. The Morgan fingerprint density at radius 1 is 1.32 bits per heavy atom. The number of rotatable bonds is 2. The predicted molar refractivity (Wildman–Crippen MR) is 67.4 cm³/mol. The molecule has 1 aliphatic heterocycles. The van der Waals surface area contributed by atoms with Crippen molar-refractivity contribution in [1.82, 2.24) is 5.32 Å². The number of nitrogens with one attached hydrogen (secondary N) is 1. The highest BCUT2D eigenvalue weighted by Gasteiger charge is 2.47. The van der Waals surface area contributed by atoms with E-state index >= 15 is 0 Å². The van der Waals surface area contributed by atoms with E-state index in [-0.39, 0.29) is 18.2 Å². The second-order valence-corrected chi connectivity index (χ2v) is 4.41. The monoisotopic (exact) mass is 347 g/mol. The summed E-state index contributed by atoms with van der Waals surface area (Å²) in [5.41, 5.74) is -1.56. The molecule has 1 saturated heterocycles. The highest BCUT2D eigenvalue weighted by Crippen LogP contribution is 2.39. The summed E-state index contributed by atoms with van der Waals surface area (Å²) in [5, 5.41) is 1.82. The fourth-order valence-corrected chi connectivity index (χ4v) is 1.91. The molecule has 1 fully saturated rings. The predicted octanol–water partition coefficient (Wildman–Crippen LogP) is 3.55. The Labute approximate surface area is 128 Å². The molecule has 0 unspecified atom stereocenters. The number of ether oxygens (including phenoxy) is 2. The largest absolute Gasteiger partial charge is 0.497 e. The molecule has 10 heteroatoms. The average Bonchev–Trinajstić information content (AvgIpc) is 2.40. The van der Waals surface area contributed by atoms with Crippen LogP contribution in [0.2, 0.25) is 0 Å². The number of methoxy groups -OCH3 is 1. The summed E-state index contributed by atoms with van der Waals surface area (Å²) in [5.74, 6) is -3.78. The van der Waals surface area contributed by atoms with Gasteiger partial charge in [-0.3, -0.25) is 0 Å². The Kier molecular flexibility index (Phi) is 5.11. The Morgan fingerprint density at radius 3 is 2.50 bits per heavy atom. The van der Waals surface area contributed by atoms with Gasteiger partial charge in [0, 0.05) is 0 Å². The fourth-order valence-electron chi connectivity index (χ4n) is 1.91. The third kappa shape index (κ3) is 3.70. The number of benzene rings is 1. The van der Waals surface area contributed by atoms with Crippen molar-refractivity contribution in [3.8, 4) is 5.75 Å². The van der Waals surface area contributed by atoms with E-state index in [0.29, 0.717) is 12.1 Å². The molecule has 124 valence electrons. The minimum atomic E-state index is -4.73. The number of hydrogen-bond donors (Lipinski definition) is 1. The lowest BCUT2D eigenvalue weighted by Crippen LogP contribution is -2.49. The van der Waals surface area contributed by atoms with Gasteiger partial charge in [-0.15, -0.1) is 12.4 Å². The summed E-state index contributed by atoms with van der Waals surface area (Å²) in [4.78, 5) is 11.1.